The minimum Gasteiger partial charge on any atom is -0.503 e. The van der Waals surface area contributed by atoms with Crippen LogP contribution in [0.15, 0.2) is 53.8 Å². The first-order chi connectivity index (χ1) is 12.9. The van der Waals surface area contributed by atoms with E-state index in [0.717, 1.165) is 0 Å². The molecule has 0 aliphatic carbocycles. The lowest BCUT2D eigenvalue weighted by Gasteiger charge is -2.24. The normalized spacial score (nSPS) is 16.7. The molecule has 1 unspecified atom stereocenters. The van der Waals surface area contributed by atoms with Gasteiger partial charge < -0.3 is 19.5 Å². The average molecular weight is 388 g/mol. The summed E-state index contributed by atoms with van der Waals surface area (Å²) >= 11 is 5.88. The third-order valence-electron chi connectivity index (χ3n) is 4.53. The lowest BCUT2D eigenvalue weighted by atomic mass is 9.92. The molecule has 1 atom stereocenters. The van der Waals surface area contributed by atoms with Crippen molar-refractivity contribution in [1.82, 2.24) is 4.90 Å². The van der Waals surface area contributed by atoms with Crippen molar-refractivity contribution in [3.63, 3.8) is 0 Å². The van der Waals surface area contributed by atoms with Gasteiger partial charge in [0, 0.05) is 29.3 Å². The number of ether oxygens (including phenoxy) is 2. The molecule has 0 bridgehead atoms. The SMILES string of the molecule is COc1ccc(C2C(C(=O)c3ccc(Cl)cc3)=C(O)C(=O)N2C)c(OC)c1. The van der Waals surface area contributed by atoms with Crippen LogP contribution < -0.4 is 9.47 Å². The number of rotatable bonds is 5. The molecule has 2 aromatic rings. The van der Waals surface area contributed by atoms with E-state index in [4.69, 9.17) is 21.1 Å². The molecule has 1 aliphatic heterocycles. The summed E-state index contributed by atoms with van der Waals surface area (Å²) in [6.07, 6.45) is 0. The highest BCUT2D eigenvalue weighted by Crippen LogP contribution is 2.42. The Morgan fingerprint density at radius 1 is 1.11 bits per heavy atom. The number of ketones is 1. The minimum absolute atomic E-state index is 0.00621. The molecular weight excluding hydrogens is 370 g/mol. The van der Waals surface area contributed by atoms with Crippen LogP contribution in [0.5, 0.6) is 11.5 Å². The van der Waals surface area contributed by atoms with Crippen molar-refractivity contribution in [3.8, 4) is 11.5 Å². The molecule has 0 saturated carbocycles. The van der Waals surface area contributed by atoms with E-state index >= 15 is 0 Å². The first-order valence-electron chi connectivity index (χ1n) is 8.11. The predicted octanol–water partition coefficient (Wildman–Crippen LogP) is 3.57. The van der Waals surface area contributed by atoms with Gasteiger partial charge in [-0.3, -0.25) is 9.59 Å². The van der Waals surface area contributed by atoms with Gasteiger partial charge in [-0.15, -0.1) is 0 Å². The molecule has 1 amide bonds. The molecule has 0 radical (unpaired) electrons. The van der Waals surface area contributed by atoms with Crippen LogP contribution >= 0.6 is 11.6 Å². The van der Waals surface area contributed by atoms with Crippen molar-refractivity contribution >= 4 is 23.3 Å². The van der Waals surface area contributed by atoms with E-state index < -0.39 is 23.5 Å². The van der Waals surface area contributed by atoms with Crippen LogP contribution in [0.1, 0.15) is 22.0 Å². The zero-order chi connectivity index (χ0) is 19.7. The second-order valence-electron chi connectivity index (χ2n) is 6.02. The molecule has 1 heterocycles. The maximum atomic E-state index is 13.1. The van der Waals surface area contributed by atoms with Gasteiger partial charge in [-0.1, -0.05) is 11.6 Å². The lowest BCUT2D eigenvalue weighted by molar-refractivity contribution is -0.128. The minimum atomic E-state index is -0.790. The highest BCUT2D eigenvalue weighted by Gasteiger charge is 2.43. The number of methoxy groups -OCH3 is 2. The van der Waals surface area contributed by atoms with E-state index in [1.165, 1.54) is 26.2 Å². The predicted molar refractivity (Wildman–Crippen MR) is 100 cm³/mol. The topological polar surface area (TPSA) is 76.1 Å². The standard InChI is InChI=1S/C20H18ClNO5/c1-22-17(14-9-8-13(26-2)10-15(14)27-3)16(19(24)20(22)25)18(23)11-4-6-12(21)7-5-11/h4-10,17,24H,1-3H3. The third kappa shape index (κ3) is 3.24. The first-order valence-corrected chi connectivity index (χ1v) is 8.49. The van der Waals surface area contributed by atoms with Crippen LogP contribution in [0.3, 0.4) is 0 Å². The molecule has 3 rings (SSSR count). The number of benzene rings is 2. The number of aliphatic hydroxyl groups excluding tert-OH is 1. The van der Waals surface area contributed by atoms with E-state index in [2.05, 4.69) is 0 Å². The zero-order valence-corrected chi connectivity index (χ0v) is 15.8. The van der Waals surface area contributed by atoms with E-state index in [1.807, 2.05) is 0 Å². The number of nitrogens with zero attached hydrogens (tertiary/aromatic N) is 1. The maximum Gasteiger partial charge on any atom is 0.289 e. The molecule has 27 heavy (non-hydrogen) atoms. The Labute approximate surface area is 161 Å². The number of amides is 1. The van der Waals surface area contributed by atoms with Crippen molar-refractivity contribution in [1.29, 1.82) is 0 Å². The monoisotopic (exact) mass is 387 g/mol. The molecular formula is C20H18ClNO5. The summed E-state index contributed by atoms with van der Waals surface area (Å²) in [5.74, 6) is -0.642. The fourth-order valence-corrected chi connectivity index (χ4v) is 3.25. The second-order valence-corrected chi connectivity index (χ2v) is 6.46. The largest absolute Gasteiger partial charge is 0.503 e. The van der Waals surface area contributed by atoms with Gasteiger partial charge in [0.1, 0.15) is 11.5 Å². The summed E-state index contributed by atoms with van der Waals surface area (Å²) in [7, 11) is 4.54. The molecule has 6 nitrogen and oxygen atoms in total. The van der Waals surface area contributed by atoms with Crippen molar-refractivity contribution in [2.24, 2.45) is 0 Å². The van der Waals surface area contributed by atoms with Gasteiger partial charge in [0.2, 0.25) is 0 Å². The van der Waals surface area contributed by atoms with Crippen molar-refractivity contribution in [2.75, 3.05) is 21.3 Å². The summed E-state index contributed by atoms with van der Waals surface area (Å²) < 4.78 is 10.6. The van der Waals surface area contributed by atoms with Gasteiger partial charge in [0.05, 0.1) is 25.8 Å². The summed E-state index contributed by atoms with van der Waals surface area (Å²) in [5.41, 5.74) is 0.880. The summed E-state index contributed by atoms with van der Waals surface area (Å²) in [6, 6.07) is 10.5. The Hall–Kier alpha value is -2.99. The van der Waals surface area contributed by atoms with E-state index in [9.17, 15) is 14.7 Å². The van der Waals surface area contributed by atoms with Crippen LogP contribution in [0.4, 0.5) is 0 Å². The number of hydrogen-bond donors (Lipinski definition) is 1. The van der Waals surface area contributed by atoms with Crippen LogP contribution in [0.2, 0.25) is 5.02 Å². The number of Topliss-reactive ketones (excluding diaryl/α,β-unsaturated/α-hetero) is 1. The quantitative estimate of drug-likeness (QED) is 0.794. The van der Waals surface area contributed by atoms with Crippen LogP contribution in [-0.4, -0.2) is 43.0 Å². The summed E-state index contributed by atoms with van der Waals surface area (Å²) in [4.78, 5) is 26.8. The van der Waals surface area contributed by atoms with Crippen molar-refractivity contribution < 1.29 is 24.2 Å². The van der Waals surface area contributed by atoms with Gasteiger partial charge in [0.15, 0.2) is 11.5 Å². The van der Waals surface area contributed by atoms with Crippen LogP contribution in [0, 0.1) is 0 Å². The molecule has 140 valence electrons. The molecule has 7 heteroatoms. The Balaban J connectivity index is 2.12. The number of carbonyl (C=O) groups is 2. The Morgan fingerprint density at radius 3 is 2.37 bits per heavy atom. The summed E-state index contributed by atoms with van der Waals surface area (Å²) in [5, 5.41) is 10.9. The number of likely N-dealkylation sites (N-methyl/N-ethyl adjacent to an activating group) is 1. The van der Waals surface area contributed by atoms with Gasteiger partial charge >= 0.3 is 0 Å². The van der Waals surface area contributed by atoms with Crippen molar-refractivity contribution in [2.45, 2.75) is 6.04 Å². The van der Waals surface area contributed by atoms with E-state index in [0.29, 0.717) is 27.6 Å². The smallest absolute Gasteiger partial charge is 0.289 e. The molecule has 0 aromatic heterocycles. The fourth-order valence-electron chi connectivity index (χ4n) is 3.12. The lowest BCUT2D eigenvalue weighted by Crippen LogP contribution is -2.27. The second kappa shape index (κ2) is 7.32. The number of carbonyl (C=O) groups excluding carboxylic acids is 2. The average Bonchev–Trinajstić information content (AvgIpc) is 2.91. The molecule has 0 saturated heterocycles. The van der Waals surface area contributed by atoms with Crippen LogP contribution in [-0.2, 0) is 4.79 Å². The van der Waals surface area contributed by atoms with Crippen LogP contribution in [0.25, 0.3) is 0 Å². The fraction of sp³-hybridized carbons (Fsp3) is 0.200. The maximum absolute atomic E-state index is 13.1. The zero-order valence-electron chi connectivity index (χ0n) is 15.0. The van der Waals surface area contributed by atoms with Gasteiger partial charge in [-0.2, -0.15) is 0 Å². The van der Waals surface area contributed by atoms with Gasteiger partial charge in [0.25, 0.3) is 5.91 Å². The Bertz CT molecular complexity index is 936. The third-order valence-corrected chi connectivity index (χ3v) is 4.78. The van der Waals surface area contributed by atoms with Gasteiger partial charge in [-0.05, 0) is 36.4 Å². The molecule has 0 fully saturated rings. The number of hydrogen-bond acceptors (Lipinski definition) is 5. The number of halogens is 1. The Kier molecular flexibility index (Phi) is 5.10. The summed E-state index contributed by atoms with van der Waals surface area (Å²) in [6.45, 7) is 0. The molecule has 0 spiro atoms. The highest BCUT2D eigenvalue weighted by molar-refractivity contribution is 6.30. The molecule has 1 N–H and O–H groups in total. The molecule has 2 aromatic carbocycles. The first kappa shape index (κ1) is 18.8. The van der Waals surface area contributed by atoms with E-state index in [1.54, 1.807) is 42.5 Å². The van der Waals surface area contributed by atoms with E-state index in [-0.39, 0.29) is 5.57 Å². The molecule has 1 aliphatic rings. The Morgan fingerprint density at radius 2 is 1.78 bits per heavy atom. The van der Waals surface area contributed by atoms with Crippen molar-refractivity contribution in [3.05, 3.63) is 69.9 Å². The van der Waals surface area contributed by atoms with Gasteiger partial charge in [-0.25, -0.2) is 0 Å². The number of aliphatic hydroxyl groups is 1. The highest BCUT2D eigenvalue weighted by atomic mass is 35.5.